The molecular formula is C36H56N2O2S. The average Bonchev–Trinajstić information content (AvgIpc) is 3.52. The number of carbonyl (C=O) groups excluding carboxylic acids is 1. The van der Waals surface area contributed by atoms with Crippen molar-refractivity contribution in [1.29, 1.82) is 0 Å². The number of rotatable bonds is 24. The number of nitrogens with zero attached hydrogens (tertiary/aromatic N) is 2. The smallest absolute Gasteiger partial charge is 0.215 e. The van der Waals surface area contributed by atoms with Gasteiger partial charge in [-0.2, -0.15) is 4.98 Å². The van der Waals surface area contributed by atoms with Gasteiger partial charge in [0.1, 0.15) is 5.71 Å². The maximum atomic E-state index is 13.6. The van der Waals surface area contributed by atoms with Crippen LogP contribution in [0.4, 0.5) is 5.82 Å². The Hall–Kier alpha value is -2.01. The van der Waals surface area contributed by atoms with Crippen molar-refractivity contribution in [3.05, 3.63) is 40.1 Å². The number of hydrogen-bond acceptors (Lipinski definition) is 5. The number of Topliss-reactive ketones (excluding diaryl/α,β-unsaturated/α-hetero) is 1. The molecule has 0 bridgehead atoms. The monoisotopic (exact) mass is 580 g/mol. The van der Waals surface area contributed by atoms with Crippen LogP contribution in [0, 0.1) is 0 Å². The van der Waals surface area contributed by atoms with Crippen molar-refractivity contribution in [2.75, 3.05) is 6.61 Å². The Kier molecular flexibility index (Phi) is 17.0. The third-order valence-electron chi connectivity index (χ3n) is 8.37. The van der Waals surface area contributed by atoms with E-state index in [1.165, 1.54) is 116 Å². The summed E-state index contributed by atoms with van der Waals surface area (Å²) < 4.78 is 6.04. The molecule has 228 valence electrons. The summed E-state index contributed by atoms with van der Waals surface area (Å²) in [5.41, 5.74) is 1.54. The van der Waals surface area contributed by atoms with E-state index in [1.54, 1.807) is 11.3 Å². The molecule has 0 amide bonds. The fraction of sp³-hybridized carbons (Fsp3) is 0.694. The maximum absolute atomic E-state index is 13.6. The summed E-state index contributed by atoms with van der Waals surface area (Å²) in [6.07, 6.45) is 26.9. The molecule has 1 unspecified atom stereocenters. The maximum Gasteiger partial charge on any atom is 0.215 e. The zero-order valence-electron chi connectivity index (χ0n) is 26.1. The summed E-state index contributed by atoms with van der Waals surface area (Å²) >= 11 is 1.58. The fourth-order valence-corrected chi connectivity index (χ4v) is 6.55. The van der Waals surface area contributed by atoms with Crippen LogP contribution in [0.15, 0.2) is 34.6 Å². The Balaban J connectivity index is 1.45. The molecule has 0 N–H and O–H groups in total. The number of thiophene rings is 1. The van der Waals surface area contributed by atoms with Crippen LogP contribution in [0.2, 0.25) is 0 Å². The molecule has 0 saturated carbocycles. The molecule has 2 aromatic heterocycles. The van der Waals surface area contributed by atoms with Gasteiger partial charge >= 0.3 is 0 Å². The molecule has 1 atom stereocenters. The van der Waals surface area contributed by atoms with Crippen molar-refractivity contribution in [3.63, 3.8) is 0 Å². The van der Waals surface area contributed by atoms with E-state index in [0.29, 0.717) is 24.0 Å². The lowest BCUT2D eigenvalue weighted by Gasteiger charge is -2.23. The van der Waals surface area contributed by atoms with Crippen LogP contribution in [0.25, 0.3) is 0 Å². The first-order valence-electron chi connectivity index (χ1n) is 17.0. The molecule has 2 aromatic rings. The highest BCUT2D eigenvalue weighted by Gasteiger charge is 2.33. The molecule has 0 fully saturated rings. The topological polar surface area (TPSA) is 51.6 Å². The lowest BCUT2D eigenvalue weighted by molar-refractivity contribution is -0.114. The van der Waals surface area contributed by atoms with Crippen LogP contribution >= 0.6 is 11.3 Å². The van der Waals surface area contributed by atoms with Crippen molar-refractivity contribution in [2.45, 2.75) is 155 Å². The van der Waals surface area contributed by atoms with Gasteiger partial charge in [-0.1, -0.05) is 142 Å². The second kappa shape index (κ2) is 20.8. The molecule has 1 aliphatic heterocycles. The molecule has 4 nitrogen and oxygen atoms in total. The van der Waals surface area contributed by atoms with Crippen LogP contribution in [0.1, 0.15) is 165 Å². The number of aliphatic imine (C=N–C) groups is 1. The second-order valence-electron chi connectivity index (χ2n) is 11.9. The predicted octanol–water partition coefficient (Wildman–Crippen LogP) is 11.5. The van der Waals surface area contributed by atoms with E-state index >= 15 is 0 Å². The molecule has 5 heteroatoms. The van der Waals surface area contributed by atoms with Gasteiger partial charge in [0.25, 0.3) is 0 Å². The molecule has 0 saturated heterocycles. The van der Waals surface area contributed by atoms with Gasteiger partial charge in [-0.25, -0.2) is 4.99 Å². The number of hydrogen-bond donors (Lipinski definition) is 0. The molecule has 0 spiro atoms. The number of unbranched alkanes of at least 4 members (excludes halogenated alkanes) is 18. The molecular weight excluding hydrogens is 524 g/mol. The van der Waals surface area contributed by atoms with Gasteiger partial charge in [0, 0.05) is 11.6 Å². The van der Waals surface area contributed by atoms with E-state index < -0.39 is 0 Å². The Bertz CT molecular complexity index is 1000. The van der Waals surface area contributed by atoms with E-state index in [-0.39, 0.29) is 11.7 Å². The molecule has 0 radical (unpaired) electrons. The molecule has 0 aliphatic carbocycles. The average molecular weight is 581 g/mol. The van der Waals surface area contributed by atoms with E-state index in [1.807, 2.05) is 29.6 Å². The number of fused-ring (bicyclic) bond motifs is 1. The SMILES string of the molecule is CCCCCCCCCCCCOc1ccc2c(n1)N=C(c1cccs1)C(=O)C2CCCCCCCCCCCC. The quantitative estimate of drug-likeness (QED) is 0.116. The Morgan fingerprint density at radius 1 is 0.707 bits per heavy atom. The summed E-state index contributed by atoms with van der Waals surface area (Å²) in [7, 11) is 0. The first kappa shape index (κ1) is 33.5. The van der Waals surface area contributed by atoms with E-state index in [2.05, 4.69) is 13.8 Å². The first-order chi connectivity index (χ1) is 20.2. The Labute approximate surface area is 254 Å². The van der Waals surface area contributed by atoms with Gasteiger partial charge in [-0.15, -0.1) is 11.3 Å². The zero-order valence-corrected chi connectivity index (χ0v) is 27.0. The largest absolute Gasteiger partial charge is 0.478 e. The fourth-order valence-electron chi connectivity index (χ4n) is 5.83. The second-order valence-corrected chi connectivity index (χ2v) is 12.9. The van der Waals surface area contributed by atoms with Crippen molar-refractivity contribution >= 4 is 28.6 Å². The van der Waals surface area contributed by atoms with Crippen molar-refractivity contribution in [2.24, 2.45) is 4.99 Å². The number of ketones is 1. The predicted molar refractivity (Wildman–Crippen MR) is 176 cm³/mol. The summed E-state index contributed by atoms with van der Waals surface area (Å²) in [5, 5.41) is 2.01. The van der Waals surface area contributed by atoms with Gasteiger partial charge in [0.2, 0.25) is 5.88 Å². The molecule has 41 heavy (non-hydrogen) atoms. The number of ether oxygens (including phenoxy) is 1. The van der Waals surface area contributed by atoms with Gasteiger partial charge in [-0.3, -0.25) is 4.79 Å². The van der Waals surface area contributed by atoms with E-state index in [0.717, 1.165) is 29.7 Å². The van der Waals surface area contributed by atoms with Gasteiger partial charge < -0.3 is 4.74 Å². The van der Waals surface area contributed by atoms with Crippen LogP contribution in [-0.2, 0) is 4.79 Å². The zero-order chi connectivity index (χ0) is 29.0. The lowest BCUT2D eigenvalue weighted by Crippen LogP contribution is -2.26. The minimum absolute atomic E-state index is 0.150. The van der Waals surface area contributed by atoms with Crippen molar-refractivity contribution in [1.82, 2.24) is 4.98 Å². The Morgan fingerprint density at radius 2 is 1.27 bits per heavy atom. The number of aromatic nitrogens is 1. The minimum atomic E-state index is -0.155. The first-order valence-corrected chi connectivity index (χ1v) is 17.9. The standard InChI is InChI=1S/C36H56N2O2S/c1-3-5-7-9-11-13-15-17-19-21-24-30-31-26-27-33(40-28-22-20-18-16-14-12-10-8-6-4-2)37-36(31)38-34(35(30)39)32-25-23-29-41-32/h23,25-27,29-30H,3-22,24,28H2,1-2H3. The molecule has 3 heterocycles. The Morgan fingerprint density at radius 3 is 1.83 bits per heavy atom. The summed E-state index contributed by atoms with van der Waals surface area (Å²) in [6, 6.07) is 7.97. The normalized spacial score (nSPS) is 14.7. The molecule has 1 aliphatic rings. The van der Waals surface area contributed by atoms with Crippen molar-refractivity contribution in [3.8, 4) is 5.88 Å². The summed E-state index contributed by atoms with van der Waals surface area (Å²) in [6.45, 7) is 5.23. The molecule has 3 rings (SSSR count). The highest BCUT2D eigenvalue weighted by molar-refractivity contribution is 7.13. The number of pyridine rings is 1. The highest BCUT2D eigenvalue weighted by atomic mass is 32.1. The minimum Gasteiger partial charge on any atom is -0.478 e. The highest BCUT2D eigenvalue weighted by Crippen LogP contribution is 2.37. The summed E-state index contributed by atoms with van der Waals surface area (Å²) in [5.74, 6) is 1.29. The third kappa shape index (κ3) is 12.4. The third-order valence-corrected chi connectivity index (χ3v) is 9.25. The van der Waals surface area contributed by atoms with Crippen molar-refractivity contribution < 1.29 is 9.53 Å². The van der Waals surface area contributed by atoms with Crippen LogP contribution in [0.5, 0.6) is 5.88 Å². The van der Waals surface area contributed by atoms with E-state index in [4.69, 9.17) is 14.7 Å². The lowest BCUT2D eigenvalue weighted by atomic mass is 9.85. The number of carbonyl (C=O) groups is 1. The van der Waals surface area contributed by atoms with Crippen LogP contribution in [0.3, 0.4) is 0 Å². The van der Waals surface area contributed by atoms with E-state index in [9.17, 15) is 4.79 Å². The summed E-state index contributed by atoms with van der Waals surface area (Å²) in [4.78, 5) is 24.1. The van der Waals surface area contributed by atoms with Gasteiger partial charge in [0.05, 0.1) is 17.4 Å². The van der Waals surface area contributed by atoms with Gasteiger partial charge in [0.15, 0.2) is 11.6 Å². The van der Waals surface area contributed by atoms with Gasteiger partial charge in [-0.05, 0) is 30.4 Å². The van der Waals surface area contributed by atoms with Crippen LogP contribution < -0.4 is 4.74 Å². The molecule has 0 aromatic carbocycles. The van der Waals surface area contributed by atoms with Crippen LogP contribution in [-0.4, -0.2) is 23.1 Å².